The highest BCUT2D eigenvalue weighted by Crippen LogP contribution is 2.29. The third kappa shape index (κ3) is 4.54. The normalized spacial score (nSPS) is 14.4. The van der Waals surface area contributed by atoms with Gasteiger partial charge in [-0.15, -0.1) is 0 Å². The summed E-state index contributed by atoms with van der Waals surface area (Å²) in [6.07, 6.45) is 1.95. The number of hydrogen-bond acceptors (Lipinski definition) is 6. The van der Waals surface area contributed by atoms with Crippen LogP contribution in [0.25, 0.3) is 22.3 Å². The Balaban J connectivity index is 0.00000112. The SMILES string of the molecule is CC.Cc1cc(Nc2cc(N3CCN(C)CC3)nc(-c3cccc4[nH]ccc34)n2)n[nH]1. The summed E-state index contributed by atoms with van der Waals surface area (Å²) in [4.78, 5) is 17.7. The molecule has 0 saturated carbocycles. The first-order chi connectivity index (χ1) is 15.2. The van der Waals surface area contributed by atoms with Crippen molar-refractivity contribution < 1.29 is 0 Å². The van der Waals surface area contributed by atoms with Crippen molar-refractivity contribution >= 4 is 28.4 Å². The van der Waals surface area contributed by atoms with E-state index in [1.54, 1.807) is 0 Å². The van der Waals surface area contributed by atoms with E-state index < -0.39 is 0 Å². The van der Waals surface area contributed by atoms with Crippen LogP contribution in [-0.4, -0.2) is 63.3 Å². The molecule has 4 aromatic rings. The molecule has 8 nitrogen and oxygen atoms in total. The molecule has 1 saturated heterocycles. The predicted molar refractivity (Wildman–Crippen MR) is 127 cm³/mol. The van der Waals surface area contributed by atoms with E-state index in [9.17, 15) is 0 Å². The number of rotatable bonds is 4. The van der Waals surface area contributed by atoms with Crippen molar-refractivity contribution in [1.82, 2.24) is 30.0 Å². The van der Waals surface area contributed by atoms with Gasteiger partial charge in [-0.05, 0) is 26.1 Å². The number of fused-ring (bicyclic) bond motifs is 1. The van der Waals surface area contributed by atoms with Crippen LogP contribution in [0.1, 0.15) is 19.5 Å². The standard InChI is InChI=1S/C21H24N8.C2H6/c1-14-12-19(27-26-14)23-18-13-20(29-10-8-28(2)9-11-29)25-21(24-18)16-4-3-5-17-15(16)6-7-22-17;1-2/h3-7,12-13,22H,8-11H2,1-2H3,(H2,23,24,25,26,27);1-2H3. The van der Waals surface area contributed by atoms with Gasteiger partial charge in [0, 0.05) is 66.7 Å². The zero-order valence-electron chi connectivity index (χ0n) is 18.6. The van der Waals surface area contributed by atoms with Crippen LogP contribution in [-0.2, 0) is 0 Å². The molecule has 0 amide bonds. The van der Waals surface area contributed by atoms with Crippen molar-refractivity contribution in [3.63, 3.8) is 0 Å². The summed E-state index contributed by atoms with van der Waals surface area (Å²) < 4.78 is 0. The summed E-state index contributed by atoms with van der Waals surface area (Å²) in [5.41, 5.74) is 3.09. The van der Waals surface area contributed by atoms with Gasteiger partial charge in [-0.25, -0.2) is 9.97 Å². The van der Waals surface area contributed by atoms with Gasteiger partial charge in [-0.3, -0.25) is 5.10 Å². The molecule has 1 aromatic carbocycles. The molecule has 4 heterocycles. The van der Waals surface area contributed by atoms with Gasteiger partial charge in [0.2, 0.25) is 0 Å². The number of anilines is 3. The zero-order chi connectivity index (χ0) is 21.8. The Morgan fingerprint density at radius 3 is 2.52 bits per heavy atom. The van der Waals surface area contributed by atoms with Crippen molar-refractivity contribution in [3.05, 3.63) is 48.3 Å². The molecule has 0 atom stereocenters. The molecule has 3 aromatic heterocycles. The van der Waals surface area contributed by atoms with Crippen LogP contribution in [0.2, 0.25) is 0 Å². The third-order valence-corrected chi connectivity index (χ3v) is 5.34. The highest BCUT2D eigenvalue weighted by molar-refractivity contribution is 5.93. The summed E-state index contributed by atoms with van der Waals surface area (Å²) >= 11 is 0. The van der Waals surface area contributed by atoms with E-state index in [1.165, 1.54) is 0 Å². The first kappa shape index (κ1) is 20.9. The van der Waals surface area contributed by atoms with Crippen LogP contribution in [0, 0.1) is 6.92 Å². The van der Waals surface area contributed by atoms with Crippen LogP contribution < -0.4 is 10.2 Å². The molecular weight excluding hydrogens is 388 g/mol. The van der Waals surface area contributed by atoms with E-state index >= 15 is 0 Å². The van der Waals surface area contributed by atoms with Gasteiger partial charge in [-0.1, -0.05) is 26.0 Å². The second kappa shape index (κ2) is 9.18. The number of benzene rings is 1. The van der Waals surface area contributed by atoms with Gasteiger partial charge < -0.3 is 20.1 Å². The van der Waals surface area contributed by atoms with Crippen molar-refractivity contribution in [2.75, 3.05) is 43.4 Å². The number of aromatic nitrogens is 5. The maximum absolute atomic E-state index is 4.94. The lowest BCUT2D eigenvalue weighted by Gasteiger charge is -2.33. The van der Waals surface area contributed by atoms with Crippen LogP contribution in [0.5, 0.6) is 0 Å². The van der Waals surface area contributed by atoms with E-state index in [2.05, 4.69) is 55.5 Å². The number of aromatic amines is 2. The Hall–Kier alpha value is -3.39. The topological polar surface area (TPSA) is 88.8 Å². The smallest absolute Gasteiger partial charge is 0.164 e. The molecule has 0 spiro atoms. The fourth-order valence-electron chi connectivity index (χ4n) is 3.71. The fraction of sp³-hybridized carbons (Fsp3) is 0.348. The summed E-state index contributed by atoms with van der Waals surface area (Å²) in [5.74, 6) is 3.13. The van der Waals surface area contributed by atoms with Crippen molar-refractivity contribution in [1.29, 1.82) is 0 Å². The quantitative estimate of drug-likeness (QED) is 0.461. The molecule has 1 aliphatic heterocycles. The van der Waals surface area contributed by atoms with E-state index in [0.29, 0.717) is 5.82 Å². The Labute approximate surface area is 182 Å². The number of aryl methyl sites for hydroxylation is 1. The number of piperazine rings is 1. The summed E-state index contributed by atoms with van der Waals surface area (Å²) in [6.45, 7) is 9.92. The molecule has 31 heavy (non-hydrogen) atoms. The summed E-state index contributed by atoms with van der Waals surface area (Å²) in [5, 5.41) is 11.7. The number of likely N-dealkylation sites (N-methyl/N-ethyl adjacent to an activating group) is 1. The molecule has 0 bridgehead atoms. The van der Waals surface area contributed by atoms with Gasteiger partial charge in [0.1, 0.15) is 11.6 Å². The van der Waals surface area contributed by atoms with Crippen LogP contribution in [0.4, 0.5) is 17.5 Å². The minimum absolute atomic E-state index is 0.710. The van der Waals surface area contributed by atoms with Gasteiger partial charge in [0.15, 0.2) is 11.6 Å². The Morgan fingerprint density at radius 1 is 0.968 bits per heavy atom. The lowest BCUT2D eigenvalue weighted by Crippen LogP contribution is -2.44. The maximum atomic E-state index is 4.94. The number of nitrogens with one attached hydrogen (secondary N) is 3. The molecule has 1 fully saturated rings. The molecular formula is C23H30N8. The van der Waals surface area contributed by atoms with Gasteiger partial charge >= 0.3 is 0 Å². The molecule has 8 heteroatoms. The molecule has 5 rings (SSSR count). The van der Waals surface area contributed by atoms with Gasteiger partial charge in [0.25, 0.3) is 0 Å². The Kier molecular flexibility index (Phi) is 6.18. The molecule has 0 radical (unpaired) electrons. The molecule has 162 valence electrons. The van der Waals surface area contributed by atoms with Gasteiger partial charge in [0.05, 0.1) is 0 Å². The number of hydrogen-bond donors (Lipinski definition) is 3. The fourth-order valence-corrected chi connectivity index (χ4v) is 3.71. The number of nitrogens with zero attached hydrogens (tertiary/aromatic N) is 5. The zero-order valence-corrected chi connectivity index (χ0v) is 18.6. The van der Waals surface area contributed by atoms with Gasteiger partial charge in [-0.2, -0.15) is 5.10 Å². The lowest BCUT2D eigenvalue weighted by molar-refractivity contribution is 0.312. The molecule has 0 unspecified atom stereocenters. The summed E-state index contributed by atoms with van der Waals surface area (Å²) in [7, 11) is 2.16. The second-order valence-electron chi connectivity index (χ2n) is 7.53. The largest absolute Gasteiger partial charge is 0.361 e. The Morgan fingerprint density at radius 2 is 1.77 bits per heavy atom. The van der Waals surface area contributed by atoms with Crippen molar-refractivity contribution in [2.24, 2.45) is 0 Å². The highest BCUT2D eigenvalue weighted by atomic mass is 15.3. The van der Waals surface area contributed by atoms with Crippen LogP contribution in [0.3, 0.4) is 0 Å². The third-order valence-electron chi connectivity index (χ3n) is 5.34. The number of H-pyrrole nitrogens is 2. The average Bonchev–Trinajstić information content (AvgIpc) is 3.44. The maximum Gasteiger partial charge on any atom is 0.164 e. The molecule has 3 N–H and O–H groups in total. The van der Waals surface area contributed by atoms with Crippen molar-refractivity contribution in [2.45, 2.75) is 20.8 Å². The minimum atomic E-state index is 0.710. The predicted octanol–water partition coefficient (Wildman–Crippen LogP) is 4.18. The average molecular weight is 419 g/mol. The van der Waals surface area contributed by atoms with E-state index in [-0.39, 0.29) is 0 Å². The monoisotopic (exact) mass is 418 g/mol. The lowest BCUT2D eigenvalue weighted by atomic mass is 10.1. The van der Waals surface area contributed by atoms with Crippen LogP contribution >= 0.6 is 0 Å². The van der Waals surface area contributed by atoms with E-state index in [0.717, 1.165) is 65.8 Å². The van der Waals surface area contributed by atoms with Crippen LogP contribution in [0.15, 0.2) is 42.6 Å². The molecule has 1 aliphatic rings. The molecule has 0 aliphatic carbocycles. The minimum Gasteiger partial charge on any atom is -0.361 e. The first-order valence-corrected chi connectivity index (χ1v) is 10.8. The first-order valence-electron chi connectivity index (χ1n) is 10.8. The second-order valence-corrected chi connectivity index (χ2v) is 7.53. The highest BCUT2D eigenvalue weighted by Gasteiger charge is 2.19. The van der Waals surface area contributed by atoms with Crippen molar-refractivity contribution in [3.8, 4) is 11.4 Å². The van der Waals surface area contributed by atoms with E-state index in [4.69, 9.17) is 9.97 Å². The summed E-state index contributed by atoms with van der Waals surface area (Å²) in [6, 6.07) is 12.2. The van der Waals surface area contributed by atoms with E-state index in [1.807, 2.05) is 45.2 Å². The Bertz CT molecular complexity index is 1140.